The molecule has 3 rings (SSSR count). The van der Waals surface area contributed by atoms with Crippen molar-refractivity contribution in [3.05, 3.63) is 75.0 Å². The van der Waals surface area contributed by atoms with Gasteiger partial charge in [-0.3, -0.25) is 4.79 Å². The summed E-state index contributed by atoms with van der Waals surface area (Å²) in [5.41, 5.74) is 3.72. The van der Waals surface area contributed by atoms with Crippen LogP contribution in [0.1, 0.15) is 28.9 Å². The van der Waals surface area contributed by atoms with E-state index in [0.29, 0.717) is 35.4 Å². The fraction of sp³-hybridized carbons (Fsp3) is 0.320. The summed E-state index contributed by atoms with van der Waals surface area (Å²) in [5, 5.41) is 12.8. The molecule has 0 spiro atoms. The fourth-order valence-corrected chi connectivity index (χ4v) is 5.10. The van der Waals surface area contributed by atoms with E-state index in [2.05, 4.69) is 38.0 Å². The zero-order valence-electron chi connectivity index (χ0n) is 19.5. The molecule has 0 saturated carbocycles. The number of carbonyl (C=O) groups excluding carboxylic acids is 1. The van der Waals surface area contributed by atoms with Gasteiger partial charge in [0.15, 0.2) is 5.16 Å². The third-order valence-electron chi connectivity index (χ3n) is 5.07. The molecule has 0 saturated heterocycles. The first kappa shape index (κ1) is 26.3. The van der Waals surface area contributed by atoms with Gasteiger partial charge in [-0.05, 0) is 68.1 Å². The minimum atomic E-state index is -0.146. The highest BCUT2D eigenvalue weighted by Gasteiger charge is 2.15. The van der Waals surface area contributed by atoms with Crippen LogP contribution in [0, 0.1) is 20.8 Å². The quantitative estimate of drug-likeness (QED) is 0.163. The average molecular weight is 564 g/mol. The van der Waals surface area contributed by atoms with Crippen molar-refractivity contribution in [2.45, 2.75) is 45.3 Å². The normalized spacial score (nSPS) is 10.9. The van der Waals surface area contributed by atoms with Gasteiger partial charge in [0.1, 0.15) is 11.6 Å². The largest absolute Gasteiger partial charge is 0.493 e. The van der Waals surface area contributed by atoms with E-state index in [-0.39, 0.29) is 11.7 Å². The number of amides is 1. The molecule has 1 heterocycles. The predicted molar refractivity (Wildman–Crippen MR) is 143 cm³/mol. The molecule has 0 aliphatic carbocycles. The first-order valence-corrected chi connectivity index (χ1v) is 13.1. The fourth-order valence-electron chi connectivity index (χ4n) is 3.49. The lowest BCUT2D eigenvalue weighted by Gasteiger charge is -2.12. The third kappa shape index (κ3) is 7.10. The molecule has 0 bridgehead atoms. The van der Waals surface area contributed by atoms with Crippen LogP contribution in [0.4, 0.5) is 5.69 Å². The van der Waals surface area contributed by atoms with E-state index >= 15 is 0 Å². The van der Waals surface area contributed by atoms with Crippen LogP contribution < -0.4 is 10.1 Å². The first-order chi connectivity index (χ1) is 16.3. The maximum atomic E-state index is 12.6. The molecule has 3 aromatic rings. The molecule has 0 atom stereocenters. The molecule has 180 valence electrons. The Bertz CT molecular complexity index is 1160. The summed E-state index contributed by atoms with van der Waals surface area (Å²) < 4.78 is 8.93. The van der Waals surface area contributed by atoms with Gasteiger partial charge in [-0.25, -0.2) is 0 Å². The van der Waals surface area contributed by atoms with Crippen LogP contribution in [0.25, 0.3) is 0 Å². The van der Waals surface area contributed by atoms with Crippen molar-refractivity contribution in [2.24, 2.45) is 0 Å². The highest BCUT2D eigenvalue weighted by Crippen LogP contribution is 2.28. The molecule has 1 N–H and O–H groups in total. The first-order valence-electron chi connectivity index (χ1n) is 10.9. The molecular weight excluding hydrogens is 536 g/mol. The molecule has 0 aliphatic rings. The zero-order chi connectivity index (χ0) is 24.7. The number of benzene rings is 2. The van der Waals surface area contributed by atoms with Crippen molar-refractivity contribution < 1.29 is 9.53 Å². The standard InChI is InChI=1S/C25H28BrClN4O2S/c1-5-10-31-22(7-6-11-33-21-9-8-19(26)14-17(21)3)29-30-25(31)34-15-23(32)28-24-18(4)12-16(2)13-20(24)27/h5,8-9,12-14H,1,6-7,10-11,15H2,2-4H3,(H,28,32). The third-order valence-corrected chi connectivity index (χ3v) is 6.83. The number of hydrogen-bond acceptors (Lipinski definition) is 5. The van der Waals surface area contributed by atoms with E-state index in [0.717, 1.165) is 39.2 Å². The second-order valence-electron chi connectivity index (χ2n) is 7.94. The molecule has 2 aromatic carbocycles. The molecular formula is C25H28BrClN4O2S. The van der Waals surface area contributed by atoms with E-state index in [4.69, 9.17) is 16.3 Å². The predicted octanol–water partition coefficient (Wildman–Crippen LogP) is 6.55. The van der Waals surface area contributed by atoms with Crippen LogP contribution in [0.2, 0.25) is 5.02 Å². The van der Waals surface area contributed by atoms with E-state index in [1.807, 2.05) is 55.7 Å². The smallest absolute Gasteiger partial charge is 0.234 e. The van der Waals surface area contributed by atoms with E-state index in [1.54, 1.807) is 6.08 Å². The summed E-state index contributed by atoms with van der Waals surface area (Å²) in [4.78, 5) is 12.6. The van der Waals surface area contributed by atoms with Gasteiger partial charge in [0.25, 0.3) is 0 Å². The number of thioether (sulfide) groups is 1. The van der Waals surface area contributed by atoms with Crippen molar-refractivity contribution in [1.82, 2.24) is 14.8 Å². The minimum absolute atomic E-state index is 0.146. The Kier molecular flexibility index (Phi) is 9.62. The van der Waals surface area contributed by atoms with Crippen molar-refractivity contribution in [3.8, 4) is 5.75 Å². The van der Waals surface area contributed by atoms with Gasteiger partial charge in [-0.1, -0.05) is 51.4 Å². The van der Waals surface area contributed by atoms with Gasteiger partial charge in [0, 0.05) is 17.4 Å². The number of anilines is 1. The van der Waals surface area contributed by atoms with Crippen molar-refractivity contribution in [2.75, 3.05) is 17.7 Å². The summed E-state index contributed by atoms with van der Waals surface area (Å²) in [6.07, 6.45) is 3.30. The number of rotatable bonds is 11. The molecule has 34 heavy (non-hydrogen) atoms. The Balaban J connectivity index is 1.56. The summed E-state index contributed by atoms with van der Waals surface area (Å²) in [5.74, 6) is 1.77. The Hall–Kier alpha value is -2.29. The maximum absolute atomic E-state index is 12.6. The van der Waals surface area contributed by atoms with E-state index in [9.17, 15) is 4.79 Å². The maximum Gasteiger partial charge on any atom is 0.234 e. The lowest BCUT2D eigenvalue weighted by atomic mass is 10.1. The Morgan fingerprint density at radius 1 is 1.24 bits per heavy atom. The Labute approximate surface area is 218 Å². The second-order valence-corrected chi connectivity index (χ2v) is 10.2. The van der Waals surface area contributed by atoms with Gasteiger partial charge in [-0.2, -0.15) is 0 Å². The molecule has 0 unspecified atom stereocenters. The van der Waals surface area contributed by atoms with Gasteiger partial charge in [0.05, 0.1) is 23.1 Å². The van der Waals surface area contributed by atoms with E-state index in [1.165, 1.54) is 11.8 Å². The average Bonchev–Trinajstić information content (AvgIpc) is 3.15. The van der Waals surface area contributed by atoms with Gasteiger partial charge < -0.3 is 14.6 Å². The Morgan fingerprint density at radius 2 is 2.03 bits per heavy atom. The minimum Gasteiger partial charge on any atom is -0.493 e. The number of nitrogens with zero attached hydrogens (tertiary/aromatic N) is 3. The second kappa shape index (κ2) is 12.4. The zero-order valence-corrected chi connectivity index (χ0v) is 22.7. The van der Waals surface area contributed by atoms with Crippen LogP contribution in [-0.4, -0.2) is 33.0 Å². The van der Waals surface area contributed by atoms with Crippen LogP contribution >= 0.6 is 39.3 Å². The van der Waals surface area contributed by atoms with Gasteiger partial charge >= 0.3 is 0 Å². The number of aryl methyl sites for hydroxylation is 4. The highest BCUT2D eigenvalue weighted by atomic mass is 79.9. The number of halogens is 2. The van der Waals surface area contributed by atoms with Crippen LogP contribution in [0.15, 0.2) is 52.6 Å². The monoisotopic (exact) mass is 562 g/mol. The number of ether oxygens (including phenoxy) is 1. The lowest BCUT2D eigenvalue weighted by molar-refractivity contribution is -0.113. The van der Waals surface area contributed by atoms with Crippen LogP contribution in [0.5, 0.6) is 5.75 Å². The summed E-state index contributed by atoms with van der Waals surface area (Å²) >= 11 is 11.1. The summed E-state index contributed by atoms with van der Waals surface area (Å²) in [6, 6.07) is 9.79. The molecule has 0 radical (unpaired) electrons. The number of nitrogens with one attached hydrogen (secondary N) is 1. The van der Waals surface area contributed by atoms with Crippen molar-refractivity contribution >= 4 is 50.9 Å². The van der Waals surface area contributed by atoms with Crippen molar-refractivity contribution in [1.29, 1.82) is 0 Å². The molecule has 0 fully saturated rings. The molecule has 6 nitrogen and oxygen atoms in total. The highest BCUT2D eigenvalue weighted by molar-refractivity contribution is 9.10. The number of aromatic nitrogens is 3. The van der Waals surface area contributed by atoms with Crippen LogP contribution in [-0.2, 0) is 17.8 Å². The SMILES string of the molecule is C=CCn1c(CCCOc2ccc(Br)cc2C)nnc1SCC(=O)Nc1c(C)cc(C)cc1Cl. The Morgan fingerprint density at radius 3 is 2.74 bits per heavy atom. The van der Waals surface area contributed by atoms with Gasteiger partial charge in [0.2, 0.25) is 5.91 Å². The van der Waals surface area contributed by atoms with Gasteiger partial charge in [-0.15, -0.1) is 16.8 Å². The summed E-state index contributed by atoms with van der Waals surface area (Å²) in [7, 11) is 0. The van der Waals surface area contributed by atoms with Crippen LogP contribution in [0.3, 0.4) is 0 Å². The number of allylic oxidation sites excluding steroid dienone is 1. The van der Waals surface area contributed by atoms with Crippen molar-refractivity contribution in [3.63, 3.8) is 0 Å². The molecule has 9 heteroatoms. The summed E-state index contributed by atoms with van der Waals surface area (Å²) in [6.45, 7) is 10.9. The number of hydrogen-bond donors (Lipinski definition) is 1. The molecule has 1 amide bonds. The number of carbonyl (C=O) groups is 1. The topological polar surface area (TPSA) is 69.0 Å². The molecule has 0 aliphatic heterocycles. The molecule has 1 aromatic heterocycles. The van der Waals surface area contributed by atoms with E-state index < -0.39 is 0 Å². The lowest BCUT2D eigenvalue weighted by Crippen LogP contribution is -2.16.